The van der Waals surface area contributed by atoms with Crippen molar-refractivity contribution < 1.29 is 19.1 Å². The Morgan fingerprint density at radius 3 is 1.33 bits per heavy atom. The van der Waals surface area contributed by atoms with Gasteiger partial charge in [-0.25, -0.2) is 0 Å². The molecule has 0 radical (unpaired) electrons. The summed E-state index contributed by atoms with van der Waals surface area (Å²) in [7, 11) is 1.02. The molecule has 120 valence electrons. The molecule has 5 heteroatoms. The first-order chi connectivity index (χ1) is 10.0. The quantitative estimate of drug-likeness (QED) is 0.589. The summed E-state index contributed by atoms with van der Waals surface area (Å²) in [6.45, 7) is 2.99. The fourth-order valence-electron chi connectivity index (χ4n) is 3.50. The van der Waals surface area contributed by atoms with E-state index in [-0.39, 0.29) is 24.1 Å². The van der Waals surface area contributed by atoms with E-state index in [0.29, 0.717) is 0 Å². The van der Waals surface area contributed by atoms with Crippen LogP contribution < -0.4 is 0 Å². The Morgan fingerprint density at radius 2 is 1.05 bits per heavy atom. The predicted octanol–water partition coefficient (Wildman–Crippen LogP) is 3.41. The molecule has 0 aromatic carbocycles. The standard InChI is InChI=1S/C16H27O4P/c1-11(17)19-13-3-7-15(8-4-13)21-16-9-5-14(6-10-16)20-12(2)18/h13-16,21H,3-10H2,1-2H3. The summed E-state index contributed by atoms with van der Waals surface area (Å²) in [5.41, 5.74) is 1.62. The minimum atomic E-state index is -0.148. The van der Waals surface area contributed by atoms with Gasteiger partial charge in [0.05, 0.1) is 0 Å². The monoisotopic (exact) mass is 314 g/mol. The van der Waals surface area contributed by atoms with E-state index in [1.165, 1.54) is 39.5 Å². The van der Waals surface area contributed by atoms with Gasteiger partial charge in [-0.3, -0.25) is 9.59 Å². The molecule has 2 fully saturated rings. The lowest BCUT2D eigenvalue weighted by Gasteiger charge is -2.33. The minimum absolute atomic E-state index is 0.148. The van der Waals surface area contributed by atoms with Crippen molar-refractivity contribution in [2.75, 3.05) is 0 Å². The summed E-state index contributed by atoms with van der Waals surface area (Å²) >= 11 is 0. The van der Waals surface area contributed by atoms with Crippen LogP contribution >= 0.6 is 8.58 Å². The predicted molar refractivity (Wildman–Crippen MR) is 83.9 cm³/mol. The topological polar surface area (TPSA) is 52.6 Å². The van der Waals surface area contributed by atoms with Crippen LogP contribution in [0.1, 0.15) is 65.2 Å². The Bertz CT molecular complexity index is 321. The second-order valence-electron chi connectivity index (χ2n) is 6.33. The molecular weight excluding hydrogens is 287 g/mol. The van der Waals surface area contributed by atoms with E-state index in [2.05, 4.69) is 0 Å². The van der Waals surface area contributed by atoms with Gasteiger partial charge in [0.2, 0.25) is 0 Å². The molecule has 0 aromatic rings. The number of hydrogen-bond donors (Lipinski definition) is 0. The number of hydrogen-bond acceptors (Lipinski definition) is 4. The van der Waals surface area contributed by atoms with Crippen molar-refractivity contribution in [3.05, 3.63) is 0 Å². The van der Waals surface area contributed by atoms with Crippen LogP contribution in [0.4, 0.5) is 0 Å². The number of ether oxygens (including phenoxy) is 2. The highest BCUT2D eigenvalue weighted by Crippen LogP contribution is 2.42. The lowest BCUT2D eigenvalue weighted by molar-refractivity contribution is -0.148. The van der Waals surface area contributed by atoms with Crippen molar-refractivity contribution in [3.63, 3.8) is 0 Å². The molecule has 2 saturated carbocycles. The van der Waals surface area contributed by atoms with Gasteiger partial charge in [0.25, 0.3) is 0 Å². The van der Waals surface area contributed by atoms with Gasteiger partial charge >= 0.3 is 11.9 Å². The van der Waals surface area contributed by atoms with Gasteiger partial charge in [-0.2, -0.15) is 0 Å². The lowest BCUT2D eigenvalue weighted by atomic mass is 9.96. The Labute approximate surface area is 129 Å². The number of carbonyl (C=O) groups is 2. The number of esters is 2. The van der Waals surface area contributed by atoms with Crippen LogP contribution in [-0.2, 0) is 19.1 Å². The van der Waals surface area contributed by atoms with Crippen molar-refractivity contribution in [2.24, 2.45) is 0 Å². The molecule has 2 aliphatic carbocycles. The first-order valence-corrected chi connectivity index (χ1v) is 9.29. The first-order valence-electron chi connectivity index (χ1n) is 8.13. The van der Waals surface area contributed by atoms with Crippen LogP contribution in [0.5, 0.6) is 0 Å². The fourth-order valence-corrected chi connectivity index (χ4v) is 5.50. The molecule has 0 spiro atoms. The summed E-state index contributed by atoms with van der Waals surface area (Å²) in [6, 6.07) is 0. The normalized spacial score (nSPS) is 33.8. The summed E-state index contributed by atoms with van der Waals surface area (Å²) in [5.74, 6) is -0.297. The van der Waals surface area contributed by atoms with Crippen LogP contribution in [0, 0.1) is 0 Å². The molecule has 2 aliphatic rings. The largest absolute Gasteiger partial charge is 0.463 e. The second kappa shape index (κ2) is 8.12. The van der Waals surface area contributed by atoms with E-state index in [0.717, 1.165) is 45.6 Å². The molecule has 0 aliphatic heterocycles. The molecule has 0 aromatic heterocycles. The van der Waals surface area contributed by atoms with E-state index < -0.39 is 0 Å². The number of carbonyl (C=O) groups excluding carboxylic acids is 2. The van der Waals surface area contributed by atoms with Crippen LogP contribution in [-0.4, -0.2) is 35.5 Å². The highest BCUT2D eigenvalue weighted by Gasteiger charge is 2.28. The molecular formula is C16H27O4P. The molecule has 0 amide bonds. The molecule has 0 heterocycles. The van der Waals surface area contributed by atoms with Crippen molar-refractivity contribution in [1.29, 1.82) is 0 Å². The fraction of sp³-hybridized carbons (Fsp3) is 0.875. The van der Waals surface area contributed by atoms with Crippen LogP contribution in [0.2, 0.25) is 0 Å². The van der Waals surface area contributed by atoms with Crippen LogP contribution in [0.3, 0.4) is 0 Å². The first kappa shape index (κ1) is 16.7. The molecule has 0 atom stereocenters. The Hall–Kier alpha value is -0.630. The maximum Gasteiger partial charge on any atom is 0.302 e. The molecule has 2 rings (SSSR count). The third kappa shape index (κ3) is 5.94. The van der Waals surface area contributed by atoms with E-state index >= 15 is 0 Å². The Kier molecular flexibility index (Phi) is 6.47. The molecule has 0 saturated heterocycles. The summed E-state index contributed by atoms with van der Waals surface area (Å²) in [5, 5.41) is 0. The van der Waals surface area contributed by atoms with Gasteiger partial charge in [-0.05, 0) is 62.7 Å². The summed E-state index contributed by atoms with van der Waals surface area (Å²) in [6.07, 6.45) is 9.20. The maximum atomic E-state index is 11.0. The molecule has 0 unspecified atom stereocenters. The van der Waals surface area contributed by atoms with E-state index in [4.69, 9.17) is 9.47 Å². The zero-order valence-electron chi connectivity index (χ0n) is 13.1. The van der Waals surface area contributed by atoms with Crippen LogP contribution in [0.15, 0.2) is 0 Å². The second-order valence-corrected chi connectivity index (χ2v) is 8.30. The molecule has 4 nitrogen and oxygen atoms in total. The van der Waals surface area contributed by atoms with Gasteiger partial charge < -0.3 is 9.47 Å². The summed E-state index contributed by atoms with van der Waals surface area (Å²) in [4.78, 5) is 21.9. The van der Waals surface area contributed by atoms with Gasteiger partial charge in [0, 0.05) is 13.8 Å². The smallest absolute Gasteiger partial charge is 0.302 e. The van der Waals surface area contributed by atoms with Gasteiger partial charge in [-0.15, -0.1) is 8.58 Å². The van der Waals surface area contributed by atoms with Crippen LogP contribution in [0.25, 0.3) is 0 Å². The average molecular weight is 314 g/mol. The highest BCUT2D eigenvalue weighted by atomic mass is 31.1. The third-order valence-electron chi connectivity index (χ3n) is 4.49. The summed E-state index contributed by atoms with van der Waals surface area (Å²) < 4.78 is 10.6. The van der Waals surface area contributed by atoms with Gasteiger partial charge in [0.1, 0.15) is 12.2 Å². The molecule has 0 bridgehead atoms. The zero-order chi connectivity index (χ0) is 15.2. The Balaban J connectivity index is 1.64. The highest BCUT2D eigenvalue weighted by molar-refractivity contribution is 7.39. The molecule has 21 heavy (non-hydrogen) atoms. The van der Waals surface area contributed by atoms with E-state index in [1.807, 2.05) is 0 Å². The maximum absolute atomic E-state index is 11.0. The minimum Gasteiger partial charge on any atom is -0.463 e. The Morgan fingerprint density at radius 1 is 0.714 bits per heavy atom. The number of rotatable bonds is 4. The van der Waals surface area contributed by atoms with Crippen molar-refractivity contribution in [3.8, 4) is 0 Å². The van der Waals surface area contributed by atoms with E-state index in [1.54, 1.807) is 0 Å². The van der Waals surface area contributed by atoms with E-state index in [9.17, 15) is 9.59 Å². The van der Waals surface area contributed by atoms with Crippen molar-refractivity contribution >= 4 is 20.5 Å². The third-order valence-corrected chi connectivity index (χ3v) is 6.58. The van der Waals surface area contributed by atoms with Gasteiger partial charge in [-0.1, -0.05) is 0 Å². The lowest BCUT2D eigenvalue weighted by Crippen LogP contribution is -2.27. The molecule has 0 N–H and O–H groups in total. The van der Waals surface area contributed by atoms with Crippen molar-refractivity contribution in [1.82, 2.24) is 0 Å². The average Bonchev–Trinajstić information content (AvgIpc) is 2.42. The van der Waals surface area contributed by atoms with Crippen molar-refractivity contribution in [2.45, 2.75) is 88.7 Å². The van der Waals surface area contributed by atoms with Gasteiger partial charge in [0.15, 0.2) is 0 Å². The SMILES string of the molecule is CC(=O)OC1CCC(PC2CCC(OC(C)=O)CC2)CC1. The zero-order valence-corrected chi connectivity index (χ0v) is 14.1.